The van der Waals surface area contributed by atoms with Crippen molar-refractivity contribution in [3.63, 3.8) is 0 Å². The summed E-state index contributed by atoms with van der Waals surface area (Å²) in [7, 11) is 0. The minimum atomic E-state index is -0.0511. The van der Waals surface area contributed by atoms with Crippen molar-refractivity contribution in [2.75, 3.05) is 13.1 Å². The van der Waals surface area contributed by atoms with Crippen LogP contribution in [0, 0.1) is 0 Å². The Balaban J connectivity index is 1.76. The van der Waals surface area contributed by atoms with E-state index >= 15 is 0 Å². The molecule has 6 heteroatoms. The molecule has 3 rings (SSSR count). The number of benzene rings is 2. The zero-order valence-electron chi connectivity index (χ0n) is 14.7. The van der Waals surface area contributed by atoms with E-state index in [-0.39, 0.29) is 24.7 Å². The Morgan fingerprint density at radius 3 is 2.54 bits per heavy atom. The summed E-state index contributed by atoms with van der Waals surface area (Å²) in [6, 6.07) is 12.5. The molecule has 2 aromatic carbocycles. The van der Waals surface area contributed by atoms with E-state index in [1.807, 2.05) is 36.9 Å². The summed E-state index contributed by atoms with van der Waals surface area (Å²) in [6.07, 6.45) is 0.0345. The van der Waals surface area contributed by atoms with Crippen LogP contribution in [-0.4, -0.2) is 36.1 Å². The van der Waals surface area contributed by atoms with Crippen LogP contribution in [0.5, 0.6) is 5.75 Å². The van der Waals surface area contributed by atoms with Crippen molar-refractivity contribution in [1.82, 2.24) is 4.90 Å². The third-order valence-electron chi connectivity index (χ3n) is 4.22. The molecule has 0 unspecified atom stereocenters. The van der Waals surface area contributed by atoms with Gasteiger partial charge in [0.05, 0.1) is 17.8 Å². The Kier molecular flexibility index (Phi) is 6.07. The van der Waals surface area contributed by atoms with E-state index < -0.39 is 0 Å². The number of morpholine rings is 1. The van der Waals surface area contributed by atoms with Gasteiger partial charge in [0.1, 0.15) is 12.4 Å². The average molecular weight is 394 g/mol. The van der Waals surface area contributed by atoms with Crippen molar-refractivity contribution < 1.29 is 14.3 Å². The number of ether oxygens (including phenoxy) is 2. The highest BCUT2D eigenvalue weighted by Gasteiger charge is 2.28. The Bertz CT molecular complexity index is 786. The molecule has 0 bridgehead atoms. The van der Waals surface area contributed by atoms with Crippen LogP contribution in [0.25, 0.3) is 0 Å². The molecule has 1 saturated heterocycles. The first-order chi connectivity index (χ1) is 12.4. The van der Waals surface area contributed by atoms with Crippen LogP contribution in [0.4, 0.5) is 0 Å². The van der Waals surface area contributed by atoms with E-state index in [4.69, 9.17) is 32.7 Å². The average Bonchev–Trinajstić information content (AvgIpc) is 2.60. The Morgan fingerprint density at radius 2 is 1.85 bits per heavy atom. The Hall–Kier alpha value is -1.75. The summed E-state index contributed by atoms with van der Waals surface area (Å²) in [5.41, 5.74) is 1.35. The summed E-state index contributed by atoms with van der Waals surface area (Å²) in [6.45, 7) is 5.35. The van der Waals surface area contributed by atoms with Gasteiger partial charge >= 0.3 is 0 Å². The van der Waals surface area contributed by atoms with Gasteiger partial charge in [0.15, 0.2) is 0 Å². The van der Waals surface area contributed by atoms with Crippen molar-refractivity contribution in [1.29, 1.82) is 0 Å². The molecule has 26 heavy (non-hydrogen) atoms. The van der Waals surface area contributed by atoms with Crippen molar-refractivity contribution >= 4 is 29.1 Å². The van der Waals surface area contributed by atoms with E-state index in [1.165, 1.54) is 0 Å². The smallest absolute Gasteiger partial charge is 0.257 e. The molecule has 0 aromatic heterocycles. The number of para-hydroxylation sites is 1. The first-order valence-corrected chi connectivity index (χ1v) is 9.30. The van der Waals surface area contributed by atoms with Gasteiger partial charge in [-0.3, -0.25) is 4.79 Å². The number of nitrogens with zero attached hydrogens (tertiary/aromatic N) is 1. The lowest BCUT2D eigenvalue weighted by Crippen LogP contribution is -2.48. The van der Waals surface area contributed by atoms with Crippen LogP contribution >= 0.6 is 23.2 Å². The van der Waals surface area contributed by atoms with E-state index in [1.54, 1.807) is 24.3 Å². The molecule has 0 N–H and O–H groups in total. The van der Waals surface area contributed by atoms with Crippen molar-refractivity contribution in [3.05, 3.63) is 63.6 Å². The normalized spacial score (nSPS) is 20.1. The fraction of sp³-hybridized carbons (Fsp3) is 0.350. The molecule has 1 heterocycles. The fourth-order valence-corrected chi connectivity index (χ4v) is 3.54. The minimum Gasteiger partial charge on any atom is -0.488 e. The number of carbonyl (C=O) groups is 1. The van der Waals surface area contributed by atoms with Gasteiger partial charge in [0.25, 0.3) is 5.91 Å². The highest BCUT2D eigenvalue weighted by Crippen LogP contribution is 2.26. The SMILES string of the molecule is C[C@H]1CN(C(=O)c2ccccc2OCc2ccc(Cl)cc2Cl)C[C@H](C)O1. The van der Waals surface area contributed by atoms with Gasteiger partial charge in [0.2, 0.25) is 0 Å². The largest absolute Gasteiger partial charge is 0.488 e. The van der Waals surface area contributed by atoms with Crippen LogP contribution in [0.2, 0.25) is 10.0 Å². The maximum absolute atomic E-state index is 13.0. The van der Waals surface area contributed by atoms with E-state index in [9.17, 15) is 4.79 Å². The molecule has 4 nitrogen and oxygen atoms in total. The highest BCUT2D eigenvalue weighted by molar-refractivity contribution is 6.35. The molecule has 0 aliphatic carbocycles. The lowest BCUT2D eigenvalue weighted by atomic mass is 10.1. The lowest BCUT2D eigenvalue weighted by molar-refractivity contribution is -0.0586. The zero-order chi connectivity index (χ0) is 18.7. The minimum absolute atomic E-state index is 0.0173. The van der Waals surface area contributed by atoms with E-state index in [0.717, 1.165) is 5.56 Å². The summed E-state index contributed by atoms with van der Waals surface area (Å²) < 4.78 is 11.6. The van der Waals surface area contributed by atoms with Gasteiger partial charge in [-0.2, -0.15) is 0 Å². The van der Waals surface area contributed by atoms with Gasteiger partial charge in [-0.05, 0) is 38.1 Å². The molecule has 1 fully saturated rings. The van der Waals surface area contributed by atoms with Gasteiger partial charge in [-0.15, -0.1) is 0 Å². The van der Waals surface area contributed by atoms with Gasteiger partial charge in [-0.25, -0.2) is 0 Å². The molecule has 0 spiro atoms. The fourth-order valence-electron chi connectivity index (χ4n) is 3.08. The summed E-state index contributed by atoms with van der Waals surface area (Å²) >= 11 is 12.1. The number of rotatable bonds is 4. The quantitative estimate of drug-likeness (QED) is 0.746. The molecule has 1 aliphatic heterocycles. The van der Waals surface area contributed by atoms with Crippen molar-refractivity contribution in [3.8, 4) is 5.75 Å². The predicted octanol–water partition coefficient (Wildman–Crippen LogP) is 4.82. The van der Waals surface area contributed by atoms with Crippen LogP contribution in [-0.2, 0) is 11.3 Å². The second-order valence-corrected chi connectivity index (χ2v) is 7.33. The molecule has 0 radical (unpaired) electrons. The number of hydrogen-bond donors (Lipinski definition) is 0. The molecular weight excluding hydrogens is 373 g/mol. The Morgan fingerprint density at radius 1 is 1.15 bits per heavy atom. The third-order valence-corrected chi connectivity index (χ3v) is 4.81. The van der Waals surface area contributed by atoms with Crippen LogP contribution in [0.1, 0.15) is 29.8 Å². The zero-order valence-corrected chi connectivity index (χ0v) is 16.3. The van der Waals surface area contributed by atoms with Crippen molar-refractivity contribution in [2.24, 2.45) is 0 Å². The van der Waals surface area contributed by atoms with Gasteiger partial charge < -0.3 is 14.4 Å². The van der Waals surface area contributed by atoms with Crippen molar-refractivity contribution in [2.45, 2.75) is 32.7 Å². The van der Waals surface area contributed by atoms with E-state index in [2.05, 4.69) is 0 Å². The summed E-state index contributed by atoms with van der Waals surface area (Å²) in [5, 5.41) is 1.11. The highest BCUT2D eigenvalue weighted by atomic mass is 35.5. The molecule has 2 aromatic rings. The summed E-state index contributed by atoms with van der Waals surface area (Å²) in [4.78, 5) is 14.8. The lowest BCUT2D eigenvalue weighted by Gasteiger charge is -2.35. The van der Waals surface area contributed by atoms with E-state index in [0.29, 0.717) is 34.4 Å². The molecule has 1 aliphatic rings. The van der Waals surface area contributed by atoms with Crippen LogP contribution in [0.3, 0.4) is 0 Å². The topological polar surface area (TPSA) is 38.8 Å². The number of amides is 1. The van der Waals surface area contributed by atoms with Gasteiger partial charge in [-0.1, -0.05) is 41.4 Å². The van der Waals surface area contributed by atoms with Gasteiger partial charge in [0, 0.05) is 28.7 Å². The molecular formula is C20H21Cl2NO3. The molecule has 138 valence electrons. The second kappa shape index (κ2) is 8.30. The molecule has 2 atom stereocenters. The van der Waals surface area contributed by atoms with Crippen LogP contribution in [0.15, 0.2) is 42.5 Å². The number of halogens is 2. The monoisotopic (exact) mass is 393 g/mol. The first-order valence-electron chi connectivity index (χ1n) is 8.54. The molecule has 1 amide bonds. The predicted molar refractivity (Wildman–Crippen MR) is 103 cm³/mol. The van der Waals surface area contributed by atoms with Crippen LogP contribution < -0.4 is 4.74 Å². The first kappa shape index (κ1) is 19.0. The maximum atomic E-state index is 13.0. The number of carbonyl (C=O) groups excluding carboxylic acids is 1. The molecule has 0 saturated carbocycles. The summed E-state index contributed by atoms with van der Waals surface area (Å²) in [5.74, 6) is 0.486. The standard InChI is InChI=1S/C20H21Cl2NO3/c1-13-10-23(11-14(2)26-13)20(24)17-5-3-4-6-19(17)25-12-15-7-8-16(21)9-18(15)22/h3-9,13-14H,10-12H2,1-2H3/t13-,14-/m0/s1. The Labute approximate surface area is 163 Å². The maximum Gasteiger partial charge on any atom is 0.257 e. The second-order valence-electron chi connectivity index (χ2n) is 6.49. The number of hydrogen-bond acceptors (Lipinski definition) is 3. The third kappa shape index (κ3) is 4.50.